The highest BCUT2D eigenvalue weighted by atomic mass is 32.2. The molecule has 2 aromatic heterocycles. The van der Waals surface area contributed by atoms with E-state index in [2.05, 4.69) is 15.4 Å². The number of nitrogens with zero attached hydrogens (tertiary/aromatic N) is 4. The monoisotopic (exact) mass is 417 g/mol. The van der Waals surface area contributed by atoms with E-state index in [1.807, 2.05) is 0 Å². The third-order valence-corrected chi connectivity index (χ3v) is 6.40. The Morgan fingerprint density at radius 3 is 2.57 bits per heavy atom. The van der Waals surface area contributed by atoms with Crippen LogP contribution in [0.3, 0.4) is 0 Å². The molecule has 8 nitrogen and oxygen atoms in total. The first kappa shape index (κ1) is 19.9. The molecule has 0 saturated carbocycles. The normalized spacial score (nSPS) is 12.0. The summed E-state index contributed by atoms with van der Waals surface area (Å²) in [4.78, 5) is 16.6. The molecule has 0 saturated heterocycles. The average molecular weight is 418 g/mol. The number of aromatic nitrogens is 3. The van der Waals surface area contributed by atoms with E-state index in [0.29, 0.717) is 10.8 Å². The number of anilines is 1. The zero-order valence-electron chi connectivity index (χ0n) is 15.5. The Balaban J connectivity index is 1.68. The molecular formula is C18H19N5O3S2. The van der Waals surface area contributed by atoms with Crippen molar-refractivity contribution in [2.45, 2.75) is 4.90 Å². The van der Waals surface area contributed by atoms with Crippen LogP contribution < -0.4 is 5.32 Å². The van der Waals surface area contributed by atoms with E-state index in [1.165, 1.54) is 31.5 Å². The minimum atomic E-state index is -3.47. The Bertz CT molecular complexity index is 1110. The Kier molecular flexibility index (Phi) is 5.73. The lowest BCUT2D eigenvalue weighted by Gasteiger charge is -2.11. The maximum Gasteiger partial charge on any atom is 0.250 e. The van der Waals surface area contributed by atoms with Gasteiger partial charge in [-0.1, -0.05) is 12.1 Å². The van der Waals surface area contributed by atoms with Gasteiger partial charge in [0.05, 0.1) is 16.8 Å². The number of carbonyl (C=O) groups is 1. The molecule has 3 rings (SSSR count). The highest BCUT2D eigenvalue weighted by molar-refractivity contribution is 7.89. The van der Waals surface area contributed by atoms with Gasteiger partial charge in [0, 0.05) is 49.9 Å². The van der Waals surface area contributed by atoms with Crippen LogP contribution in [0.1, 0.15) is 5.56 Å². The van der Waals surface area contributed by atoms with Crippen molar-refractivity contribution < 1.29 is 13.2 Å². The number of thiazole rings is 1. The van der Waals surface area contributed by atoms with Crippen molar-refractivity contribution in [3.63, 3.8) is 0 Å². The zero-order chi connectivity index (χ0) is 20.3. The van der Waals surface area contributed by atoms with Gasteiger partial charge in [-0.3, -0.25) is 14.8 Å². The third kappa shape index (κ3) is 4.53. The number of carbonyl (C=O) groups excluding carboxylic acids is 1. The van der Waals surface area contributed by atoms with Crippen LogP contribution >= 0.6 is 11.3 Å². The van der Waals surface area contributed by atoms with Crippen molar-refractivity contribution >= 4 is 38.5 Å². The highest BCUT2D eigenvalue weighted by Gasteiger charge is 2.17. The van der Waals surface area contributed by atoms with Crippen LogP contribution in [0.25, 0.3) is 17.3 Å². The molecule has 1 N–H and O–H groups in total. The van der Waals surface area contributed by atoms with Crippen LogP contribution in [0.2, 0.25) is 0 Å². The van der Waals surface area contributed by atoms with Gasteiger partial charge in [0.15, 0.2) is 5.13 Å². The molecular weight excluding hydrogens is 398 g/mol. The molecule has 0 aliphatic carbocycles. The number of aryl methyl sites for hydroxylation is 1. The molecule has 28 heavy (non-hydrogen) atoms. The van der Waals surface area contributed by atoms with Crippen LogP contribution in [0.5, 0.6) is 0 Å². The summed E-state index contributed by atoms with van der Waals surface area (Å²) in [5, 5.41) is 9.00. The number of hydrogen-bond donors (Lipinski definition) is 1. The fourth-order valence-electron chi connectivity index (χ4n) is 2.32. The third-order valence-electron chi connectivity index (χ3n) is 3.81. The van der Waals surface area contributed by atoms with Crippen LogP contribution in [0.15, 0.2) is 53.0 Å². The summed E-state index contributed by atoms with van der Waals surface area (Å²) in [6.45, 7) is 0. The van der Waals surface area contributed by atoms with Gasteiger partial charge in [-0.05, 0) is 18.2 Å². The zero-order valence-corrected chi connectivity index (χ0v) is 17.2. The maximum absolute atomic E-state index is 12.1. The summed E-state index contributed by atoms with van der Waals surface area (Å²) in [5.41, 5.74) is 2.25. The summed E-state index contributed by atoms with van der Waals surface area (Å²) in [6, 6.07) is 6.47. The van der Waals surface area contributed by atoms with Crippen molar-refractivity contribution in [3.05, 3.63) is 53.7 Å². The summed E-state index contributed by atoms with van der Waals surface area (Å²) < 4.78 is 27.1. The largest absolute Gasteiger partial charge is 0.298 e. The first-order valence-corrected chi connectivity index (χ1v) is 10.5. The van der Waals surface area contributed by atoms with E-state index in [-0.39, 0.29) is 10.8 Å². The number of amides is 1. The van der Waals surface area contributed by atoms with Gasteiger partial charge in [0.1, 0.15) is 0 Å². The minimum absolute atomic E-state index is 0.213. The molecule has 2 heterocycles. The van der Waals surface area contributed by atoms with Crippen molar-refractivity contribution in [1.82, 2.24) is 19.1 Å². The van der Waals surface area contributed by atoms with Crippen molar-refractivity contribution in [3.8, 4) is 11.3 Å². The molecule has 1 aromatic carbocycles. The lowest BCUT2D eigenvalue weighted by atomic mass is 10.2. The minimum Gasteiger partial charge on any atom is -0.298 e. The van der Waals surface area contributed by atoms with Gasteiger partial charge < -0.3 is 0 Å². The fraction of sp³-hybridized carbons (Fsp3) is 0.167. The number of benzene rings is 1. The molecule has 0 atom stereocenters. The number of nitrogens with one attached hydrogen (secondary N) is 1. The molecule has 0 spiro atoms. The predicted octanol–water partition coefficient (Wildman–Crippen LogP) is 2.45. The van der Waals surface area contributed by atoms with E-state index in [9.17, 15) is 13.2 Å². The summed E-state index contributed by atoms with van der Waals surface area (Å²) in [6.07, 6.45) is 6.54. The molecule has 3 aromatic rings. The van der Waals surface area contributed by atoms with Gasteiger partial charge in [0.25, 0.3) is 0 Å². The van der Waals surface area contributed by atoms with E-state index in [1.54, 1.807) is 59.8 Å². The molecule has 0 fully saturated rings. The fourth-order valence-corrected chi connectivity index (χ4v) is 3.94. The second-order valence-electron chi connectivity index (χ2n) is 6.12. The standard InChI is InChI=1S/C18H19N5O3S2/c1-22(2)28(25,26)15-7-5-14(6-8-15)16-12-27-18(20-16)21-17(24)9-4-13-10-19-23(3)11-13/h4-12H,1-3H3,(H,20,21,24)/b9-4-. The SMILES string of the molecule is CN(C)S(=O)(=O)c1ccc(-c2csc(NC(=O)/C=C\c3cnn(C)c3)n2)cc1. The topological polar surface area (TPSA) is 97.2 Å². The Labute approximate surface area is 167 Å². The molecule has 10 heteroatoms. The Morgan fingerprint density at radius 1 is 1.25 bits per heavy atom. The highest BCUT2D eigenvalue weighted by Crippen LogP contribution is 2.26. The van der Waals surface area contributed by atoms with E-state index in [0.717, 1.165) is 15.4 Å². The van der Waals surface area contributed by atoms with Crippen molar-refractivity contribution in [2.75, 3.05) is 19.4 Å². The Hall–Kier alpha value is -2.82. The van der Waals surface area contributed by atoms with Crippen LogP contribution in [-0.2, 0) is 21.9 Å². The van der Waals surface area contributed by atoms with E-state index in [4.69, 9.17) is 0 Å². The summed E-state index contributed by atoms with van der Waals surface area (Å²) >= 11 is 1.29. The summed E-state index contributed by atoms with van der Waals surface area (Å²) in [7, 11) is 1.31. The molecule has 1 amide bonds. The molecule has 0 aliphatic rings. The number of rotatable bonds is 6. The van der Waals surface area contributed by atoms with Crippen molar-refractivity contribution in [2.24, 2.45) is 7.05 Å². The van der Waals surface area contributed by atoms with Gasteiger partial charge in [-0.25, -0.2) is 17.7 Å². The van der Waals surface area contributed by atoms with Gasteiger partial charge in [0.2, 0.25) is 15.9 Å². The van der Waals surface area contributed by atoms with Gasteiger partial charge >= 0.3 is 0 Å². The van der Waals surface area contributed by atoms with Gasteiger partial charge in [-0.2, -0.15) is 5.10 Å². The Morgan fingerprint density at radius 2 is 1.96 bits per heavy atom. The molecule has 146 valence electrons. The van der Waals surface area contributed by atoms with Crippen LogP contribution in [-0.4, -0.2) is 47.5 Å². The molecule has 0 radical (unpaired) electrons. The smallest absolute Gasteiger partial charge is 0.250 e. The number of sulfonamides is 1. The first-order chi connectivity index (χ1) is 13.3. The van der Waals surface area contributed by atoms with Crippen LogP contribution in [0.4, 0.5) is 5.13 Å². The predicted molar refractivity (Wildman–Crippen MR) is 109 cm³/mol. The maximum atomic E-state index is 12.1. The molecule has 0 bridgehead atoms. The summed E-state index contributed by atoms with van der Waals surface area (Å²) in [5.74, 6) is -0.294. The lowest BCUT2D eigenvalue weighted by molar-refractivity contribution is -0.111. The van der Waals surface area contributed by atoms with E-state index < -0.39 is 10.0 Å². The molecule has 0 unspecified atom stereocenters. The lowest BCUT2D eigenvalue weighted by Crippen LogP contribution is -2.22. The number of hydrogen-bond acceptors (Lipinski definition) is 6. The second-order valence-corrected chi connectivity index (χ2v) is 9.13. The molecule has 0 aliphatic heterocycles. The first-order valence-electron chi connectivity index (χ1n) is 8.22. The average Bonchev–Trinajstić information content (AvgIpc) is 3.29. The van der Waals surface area contributed by atoms with Gasteiger partial charge in [-0.15, -0.1) is 11.3 Å². The quantitative estimate of drug-likeness (QED) is 0.622. The van der Waals surface area contributed by atoms with E-state index >= 15 is 0 Å². The van der Waals surface area contributed by atoms with Crippen molar-refractivity contribution in [1.29, 1.82) is 0 Å². The van der Waals surface area contributed by atoms with Crippen LogP contribution in [0, 0.1) is 0 Å². The second kappa shape index (κ2) is 8.05.